The van der Waals surface area contributed by atoms with E-state index in [1.54, 1.807) is 0 Å². The fourth-order valence-electron chi connectivity index (χ4n) is 5.70. The summed E-state index contributed by atoms with van der Waals surface area (Å²) in [7, 11) is 2.04. The van der Waals surface area contributed by atoms with Gasteiger partial charge in [0.1, 0.15) is 24.5 Å². The second kappa shape index (κ2) is 12.0. The van der Waals surface area contributed by atoms with Crippen LogP contribution in [0.15, 0.2) is 0 Å². The van der Waals surface area contributed by atoms with E-state index in [9.17, 15) is 10.2 Å². The molecule has 0 bridgehead atoms. The Labute approximate surface area is 198 Å². The summed E-state index contributed by atoms with van der Waals surface area (Å²) in [6, 6.07) is 0.754. The lowest BCUT2D eigenvalue weighted by Gasteiger charge is -2.38. The van der Waals surface area contributed by atoms with Crippen molar-refractivity contribution in [1.82, 2.24) is 36.0 Å². The predicted octanol–water partition coefficient (Wildman–Crippen LogP) is -2.79. The third-order valence-electron chi connectivity index (χ3n) is 7.81. The van der Waals surface area contributed by atoms with Crippen LogP contribution in [0.2, 0.25) is 0 Å². The smallest absolute Gasteiger partial charge is 0.142 e. The number of ether oxygens (including phenoxy) is 1. The van der Waals surface area contributed by atoms with Gasteiger partial charge in [-0.3, -0.25) is 16.0 Å². The molecule has 0 aliphatic carbocycles. The summed E-state index contributed by atoms with van der Waals surface area (Å²) in [6.45, 7) is 9.28. The molecular formula is C22H46N8O3. The summed E-state index contributed by atoms with van der Waals surface area (Å²) in [4.78, 5) is 6.80. The summed E-state index contributed by atoms with van der Waals surface area (Å²) < 4.78 is 6.16. The first kappa shape index (κ1) is 25.6. The van der Waals surface area contributed by atoms with E-state index in [1.807, 2.05) is 11.9 Å². The monoisotopic (exact) mass is 470 g/mol. The molecule has 0 aromatic heterocycles. The van der Waals surface area contributed by atoms with Crippen molar-refractivity contribution in [3.05, 3.63) is 0 Å². The SMILES string of the molecule is CC1CCCCN1CCCNCCN(C)C[C@H]1O[C@@H](N2CNC3C(N)NCNC32)[C@H](O)[C@@H]1O. The van der Waals surface area contributed by atoms with Gasteiger partial charge in [-0.15, -0.1) is 0 Å². The normalized spacial score (nSPS) is 40.5. The average Bonchev–Trinajstić information content (AvgIpc) is 3.35. The molecule has 4 unspecified atom stereocenters. The average molecular weight is 471 g/mol. The topological polar surface area (TPSA) is 134 Å². The van der Waals surface area contributed by atoms with Crippen LogP contribution in [0.4, 0.5) is 0 Å². The molecule has 4 aliphatic rings. The fourth-order valence-corrected chi connectivity index (χ4v) is 5.70. The molecule has 0 spiro atoms. The lowest BCUT2D eigenvalue weighted by molar-refractivity contribution is -0.106. The highest BCUT2D eigenvalue weighted by molar-refractivity contribution is 5.01. The molecule has 33 heavy (non-hydrogen) atoms. The molecule has 0 aromatic carbocycles. The number of hydrogen-bond donors (Lipinski definition) is 7. The van der Waals surface area contributed by atoms with Gasteiger partial charge in [-0.1, -0.05) is 6.42 Å². The fraction of sp³-hybridized carbons (Fsp3) is 1.00. The first-order chi connectivity index (χ1) is 16.0. The third-order valence-corrected chi connectivity index (χ3v) is 7.81. The molecule has 11 nitrogen and oxygen atoms in total. The number of piperidine rings is 1. The maximum atomic E-state index is 10.7. The number of nitrogens with two attached hydrogens (primary N) is 1. The molecule has 11 heteroatoms. The number of hydrogen-bond acceptors (Lipinski definition) is 11. The standard InChI is InChI=1S/C22H46N8O3/c1-15-6-3-4-9-29(15)10-5-7-24-8-11-28(2)12-16-18(31)19(32)22(33-16)30-14-27-17-20(23)25-13-26-21(17)30/h15-22,24-27,31-32H,3-14,23H2,1-2H3/t15?,16-,17?,18-,19-,20?,21?,22-/m1/s1. The van der Waals surface area contributed by atoms with Crippen molar-refractivity contribution in [3.8, 4) is 0 Å². The van der Waals surface area contributed by atoms with Gasteiger partial charge >= 0.3 is 0 Å². The van der Waals surface area contributed by atoms with Crippen LogP contribution in [0.1, 0.15) is 32.6 Å². The van der Waals surface area contributed by atoms with Crippen LogP contribution in [0.25, 0.3) is 0 Å². The van der Waals surface area contributed by atoms with Crippen molar-refractivity contribution in [3.63, 3.8) is 0 Å². The first-order valence-electron chi connectivity index (χ1n) is 12.8. The van der Waals surface area contributed by atoms with E-state index in [0.717, 1.165) is 25.7 Å². The number of fused-ring (bicyclic) bond motifs is 1. The van der Waals surface area contributed by atoms with Gasteiger partial charge in [-0.05, 0) is 52.9 Å². The Morgan fingerprint density at radius 1 is 1.15 bits per heavy atom. The molecule has 0 aromatic rings. The van der Waals surface area contributed by atoms with Gasteiger partial charge in [0.2, 0.25) is 0 Å². The Bertz CT molecular complexity index is 604. The number of aliphatic hydroxyl groups is 2. The maximum absolute atomic E-state index is 10.7. The first-order valence-corrected chi connectivity index (χ1v) is 12.8. The Morgan fingerprint density at radius 2 is 2.00 bits per heavy atom. The number of likely N-dealkylation sites (tertiary alicyclic amines) is 1. The zero-order valence-electron chi connectivity index (χ0n) is 20.3. The molecule has 8 atom stereocenters. The van der Waals surface area contributed by atoms with Gasteiger partial charge in [0.05, 0.1) is 25.0 Å². The minimum absolute atomic E-state index is 0.0256. The highest BCUT2D eigenvalue weighted by Gasteiger charge is 2.51. The largest absolute Gasteiger partial charge is 0.387 e. The Balaban J connectivity index is 1.14. The van der Waals surface area contributed by atoms with Gasteiger partial charge in [-0.2, -0.15) is 0 Å². The van der Waals surface area contributed by atoms with Crippen molar-refractivity contribution < 1.29 is 14.9 Å². The number of rotatable bonds is 10. The van der Waals surface area contributed by atoms with E-state index in [-0.39, 0.29) is 18.4 Å². The third kappa shape index (κ3) is 6.22. The van der Waals surface area contributed by atoms with Gasteiger partial charge < -0.3 is 35.8 Å². The zero-order valence-corrected chi connectivity index (χ0v) is 20.3. The molecule has 4 heterocycles. The van der Waals surface area contributed by atoms with E-state index in [0.29, 0.717) is 19.9 Å². The van der Waals surface area contributed by atoms with Gasteiger partial charge in [0.15, 0.2) is 0 Å². The van der Waals surface area contributed by atoms with E-state index >= 15 is 0 Å². The lowest BCUT2D eigenvalue weighted by atomic mass is 10.0. The summed E-state index contributed by atoms with van der Waals surface area (Å²) in [6.07, 6.45) is 2.16. The maximum Gasteiger partial charge on any atom is 0.142 e. The molecule has 4 saturated heterocycles. The van der Waals surface area contributed by atoms with E-state index in [4.69, 9.17) is 10.5 Å². The van der Waals surface area contributed by atoms with Crippen LogP contribution in [0.3, 0.4) is 0 Å². The van der Waals surface area contributed by atoms with Crippen LogP contribution in [0.5, 0.6) is 0 Å². The molecule has 0 saturated carbocycles. The van der Waals surface area contributed by atoms with Crippen molar-refractivity contribution in [2.75, 3.05) is 59.7 Å². The minimum Gasteiger partial charge on any atom is -0.387 e. The molecule has 0 radical (unpaired) electrons. The summed E-state index contributed by atoms with van der Waals surface area (Å²) in [5.74, 6) is 0. The number of nitrogens with one attached hydrogen (secondary N) is 4. The molecule has 192 valence electrons. The number of nitrogens with zero attached hydrogens (tertiary/aromatic N) is 3. The Hall–Kier alpha value is -0.440. The second-order valence-corrected chi connectivity index (χ2v) is 10.3. The summed E-state index contributed by atoms with van der Waals surface area (Å²) in [5, 5.41) is 34.8. The molecular weight excluding hydrogens is 424 g/mol. The molecule has 8 N–H and O–H groups in total. The van der Waals surface area contributed by atoms with Crippen LogP contribution >= 0.6 is 0 Å². The Kier molecular flexibility index (Phi) is 9.33. The quantitative estimate of drug-likeness (QED) is 0.167. The molecule has 0 amide bonds. The molecule has 4 aliphatic heterocycles. The van der Waals surface area contributed by atoms with Gasteiger partial charge in [0.25, 0.3) is 0 Å². The van der Waals surface area contributed by atoms with Crippen molar-refractivity contribution in [1.29, 1.82) is 0 Å². The van der Waals surface area contributed by atoms with Crippen molar-refractivity contribution in [2.24, 2.45) is 5.73 Å². The van der Waals surface area contributed by atoms with Crippen molar-refractivity contribution in [2.45, 2.75) is 81.6 Å². The van der Waals surface area contributed by atoms with Crippen LogP contribution in [-0.2, 0) is 4.74 Å². The molecule has 4 rings (SSSR count). The Morgan fingerprint density at radius 3 is 2.82 bits per heavy atom. The van der Waals surface area contributed by atoms with Crippen LogP contribution < -0.4 is 27.0 Å². The van der Waals surface area contributed by atoms with Crippen molar-refractivity contribution >= 4 is 0 Å². The summed E-state index contributed by atoms with van der Waals surface area (Å²) >= 11 is 0. The van der Waals surface area contributed by atoms with Crippen LogP contribution in [0, 0.1) is 0 Å². The van der Waals surface area contributed by atoms with E-state index in [1.165, 1.54) is 38.8 Å². The van der Waals surface area contributed by atoms with E-state index in [2.05, 4.69) is 38.0 Å². The number of aliphatic hydroxyl groups excluding tert-OH is 2. The predicted molar refractivity (Wildman–Crippen MR) is 127 cm³/mol. The summed E-state index contributed by atoms with van der Waals surface area (Å²) in [5.41, 5.74) is 6.15. The highest BCUT2D eigenvalue weighted by atomic mass is 16.6. The van der Waals surface area contributed by atoms with Crippen LogP contribution in [-0.4, -0.2) is 134 Å². The van der Waals surface area contributed by atoms with E-state index < -0.39 is 24.5 Å². The van der Waals surface area contributed by atoms with Gasteiger partial charge in [-0.25, -0.2) is 4.90 Å². The number of likely N-dealkylation sites (N-methyl/N-ethyl adjacent to an activating group) is 1. The lowest BCUT2D eigenvalue weighted by Crippen LogP contribution is -2.68. The zero-order chi connectivity index (χ0) is 23.4. The molecule has 4 fully saturated rings. The second-order valence-electron chi connectivity index (χ2n) is 10.3. The highest BCUT2D eigenvalue weighted by Crippen LogP contribution is 2.28. The van der Waals surface area contributed by atoms with Gasteiger partial charge in [0, 0.05) is 32.3 Å². The minimum atomic E-state index is -0.952.